The number of carbonyl (C=O) groups excluding carboxylic acids is 1. The third-order valence-corrected chi connectivity index (χ3v) is 4.12. The van der Waals surface area contributed by atoms with Crippen LogP contribution in [-0.4, -0.2) is 35.4 Å². The zero-order valence-electron chi connectivity index (χ0n) is 12.1. The van der Waals surface area contributed by atoms with Gasteiger partial charge in [0.15, 0.2) is 0 Å². The van der Waals surface area contributed by atoms with Crippen LogP contribution in [0.2, 0.25) is 5.02 Å². The number of piperidine rings is 1. The van der Waals surface area contributed by atoms with E-state index >= 15 is 0 Å². The number of anilines is 1. The summed E-state index contributed by atoms with van der Waals surface area (Å²) in [6, 6.07) is 2.93. The van der Waals surface area contributed by atoms with Crippen molar-refractivity contribution in [3.63, 3.8) is 0 Å². The van der Waals surface area contributed by atoms with Gasteiger partial charge < -0.3 is 10.2 Å². The Morgan fingerprint density at radius 2 is 2.19 bits per heavy atom. The molecule has 1 aromatic rings. The fraction of sp³-hybridized carbons (Fsp3) is 0.500. The maximum atomic E-state index is 12.6. The predicted molar refractivity (Wildman–Crippen MR) is 82.0 cm³/mol. The molecule has 0 spiro atoms. The standard InChI is InChI=1S/C14H18ClN3O3/c1-9-5-3-4-6-17(9)14(19)10-7-11(15)13(16-2)12(8-10)18(20)21/h7-9,16H,3-6H2,1-2H3. The minimum absolute atomic E-state index is 0.146. The molecule has 114 valence electrons. The quantitative estimate of drug-likeness (QED) is 0.686. The number of nitro groups is 1. The van der Waals surface area contributed by atoms with Gasteiger partial charge in [-0.2, -0.15) is 0 Å². The molecule has 0 saturated carbocycles. The molecule has 1 amide bonds. The Balaban J connectivity index is 2.39. The van der Waals surface area contributed by atoms with Crippen molar-refractivity contribution in [3.8, 4) is 0 Å². The fourth-order valence-electron chi connectivity index (χ4n) is 2.67. The molecule has 1 N–H and O–H groups in total. The van der Waals surface area contributed by atoms with E-state index in [0.717, 1.165) is 19.3 Å². The van der Waals surface area contributed by atoms with E-state index in [1.807, 2.05) is 6.92 Å². The summed E-state index contributed by atoms with van der Waals surface area (Å²) >= 11 is 6.06. The molecule has 1 aliphatic rings. The molecule has 0 bridgehead atoms. The number of hydrogen-bond acceptors (Lipinski definition) is 4. The Bertz CT molecular complexity index is 577. The number of nitrogens with zero attached hydrogens (tertiary/aromatic N) is 2. The lowest BCUT2D eigenvalue weighted by atomic mass is 10.0. The second-order valence-electron chi connectivity index (χ2n) is 5.20. The van der Waals surface area contributed by atoms with E-state index < -0.39 is 4.92 Å². The third kappa shape index (κ3) is 3.10. The van der Waals surface area contributed by atoms with Crippen LogP contribution in [0.15, 0.2) is 12.1 Å². The van der Waals surface area contributed by atoms with Gasteiger partial charge in [-0.3, -0.25) is 14.9 Å². The van der Waals surface area contributed by atoms with E-state index in [4.69, 9.17) is 11.6 Å². The van der Waals surface area contributed by atoms with Gasteiger partial charge in [-0.15, -0.1) is 0 Å². The van der Waals surface area contributed by atoms with Crippen LogP contribution >= 0.6 is 11.6 Å². The lowest BCUT2D eigenvalue weighted by molar-refractivity contribution is -0.384. The highest BCUT2D eigenvalue weighted by Crippen LogP contribution is 2.34. The Morgan fingerprint density at radius 3 is 2.76 bits per heavy atom. The second kappa shape index (κ2) is 6.30. The molecule has 1 unspecified atom stereocenters. The Labute approximate surface area is 128 Å². The number of likely N-dealkylation sites (tertiary alicyclic amines) is 1. The first-order valence-electron chi connectivity index (χ1n) is 6.92. The Morgan fingerprint density at radius 1 is 1.48 bits per heavy atom. The van der Waals surface area contributed by atoms with Crippen LogP contribution in [0, 0.1) is 10.1 Å². The summed E-state index contributed by atoms with van der Waals surface area (Å²) in [5.74, 6) is -0.199. The summed E-state index contributed by atoms with van der Waals surface area (Å²) in [4.78, 5) is 24.9. The van der Waals surface area contributed by atoms with Crippen molar-refractivity contribution >= 4 is 28.9 Å². The van der Waals surface area contributed by atoms with E-state index in [1.165, 1.54) is 12.1 Å². The molecule has 1 aliphatic heterocycles. The lowest BCUT2D eigenvalue weighted by Crippen LogP contribution is -2.42. The zero-order valence-corrected chi connectivity index (χ0v) is 12.8. The van der Waals surface area contributed by atoms with Crippen LogP contribution in [0.1, 0.15) is 36.5 Å². The monoisotopic (exact) mass is 311 g/mol. The van der Waals surface area contributed by atoms with Gasteiger partial charge in [0.2, 0.25) is 0 Å². The molecule has 21 heavy (non-hydrogen) atoms. The van der Waals surface area contributed by atoms with Crippen molar-refractivity contribution in [2.24, 2.45) is 0 Å². The van der Waals surface area contributed by atoms with Crippen molar-refractivity contribution < 1.29 is 9.72 Å². The molecule has 0 aliphatic carbocycles. The topological polar surface area (TPSA) is 75.5 Å². The first-order chi connectivity index (χ1) is 9.95. The predicted octanol–water partition coefficient (Wildman–Crippen LogP) is 3.30. The van der Waals surface area contributed by atoms with Gasteiger partial charge in [0.05, 0.1) is 9.95 Å². The molecular weight excluding hydrogens is 294 g/mol. The number of nitro benzene ring substituents is 1. The number of carbonyl (C=O) groups is 1. The van der Waals surface area contributed by atoms with E-state index in [1.54, 1.807) is 11.9 Å². The van der Waals surface area contributed by atoms with E-state index in [-0.39, 0.29) is 33.9 Å². The number of hydrogen-bond donors (Lipinski definition) is 1. The van der Waals surface area contributed by atoms with Crippen molar-refractivity contribution in [1.82, 2.24) is 4.90 Å². The molecule has 1 aromatic carbocycles. The molecule has 7 heteroatoms. The maximum Gasteiger partial charge on any atom is 0.294 e. The van der Waals surface area contributed by atoms with Crippen molar-refractivity contribution in [1.29, 1.82) is 0 Å². The van der Waals surface area contributed by atoms with E-state index in [9.17, 15) is 14.9 Å². The minimum Gasteiger partial charge on any atom is -0.381 e. The van der Waals surface area contributed by atoms with Crippen molar-refractivity contribution in [2.45, 2.75) is 32.2 Å². The molecular formula is C14H18ClN3O3. The molecule has 0 aromatic heterocycles. The van der Waals surface area contributed by atoms with Gasteiger partial charge in [0.1, 0.15) is 5.69 Å². The molecule has 1 atom stereocenters. The fourth-order valence-corrected chi connectivity index (χ4v) is 2.98. The summed E-state index contributed by atoms with van der Waals surface area (Å²) in [6.07, 6.45) is 3.02. The summed E-state index contributed by atoms with van der Waals surface area (Å²) in [6.45, 7) is 2.67. The third-order valence-electron chi connectivity index (χ3n) is 3.83. The largest absolute Gasteiger partial charge is 0.381 e. The zero-order chi connectivity index (χ0) is 15.6. The minimum atomic E-state index is -0.534. The number of nitrogens with one attached hydrogen (secondary N) is 1. The number of benzene rings is 1. The van der Waals surface area contributed by atoms with Gasteiger partial charge in [0.25, 0.3) is 11.6 Å². The molecule has 1 saturated heterocycles. The first-order valence-corrected chi connectivity index (χ1v) is 7.30. The number of amides is 1. The highest BCUT2D eigenvalue weighted by atomic mass is 35.5. The van der Waals surface area contributed by atoms with Crippen LogP contribution in [0.3, 0.4) is 0 Å². The van der Waals surface area contributed by atoms with Crippen LogP contribution < -0.4 is 5.32 Å². The molecule has 0 radical (unpaired) electrons. The normalized spacial score (nSPS) is 18.4. The van der Waals surface area contributed by atoms with E-state index in [2.05, 4.69) is 5.32 Å². The second-order valence-corrected chi connectivity index (χ2v) is 5.61. The summed E-state index contributed by atoms with van der Waals surface area (Å²) in [5, 5.41) is 14.0. The SMILES string of the molecule is CNc1c(Cl)cc(C(=O)N2CCCCC2C)cc1[N+](=O)[O-]. The smallest absolute Gasteiger partial charge is 0.294 e. The summed E-state index contributed by atoms with van der Waals surface area (Å²) in [7, 11) is 1.56. The highest BCUT2D eigenvalue weighted by Gasteiger charge is 2.27. The van der Waals surface area contributed by atoms with Crippen LogP contribution in [0.5, 0.6) is 0 Å². The summed E-state index contributed by atoms with van der Waals surface area (Å²) < 4.78 is 0. The molecule has 1 fully saturated rings. The van der Waals surface area contributed by atoms with Gasteiger partial charge in [-0.1, -0.05) is 11.6 Å². The Kier molecular flexibility index (Phi) is 4.67. The average molecular weight is 312 g/mol. The molecule has 2 rings (SSSR count). The Hall–Kier alpha value is -1.82. The van der Waals surface area contributed by atoms with E-state index in [0.29, 0.717) is 6.54 Å². The summed E-state index contributed by atoms with van der Waals surface area (Å²) in [5.41, 5.74) is 0.308. The number of rotatable bonds is 3. The van der Waals surface area contributed by atoms with Crippen LogP contribution in [0.25, 0.3) is 0 Å². The highest BCUT2D eigenvalue weighted by molar-refractivity contribution is 6.34. The van der Waals surface area contributed by atoms with Gasteiger partial charge in [-0.25, -0.2) is 0 Å². The maximum absolute atomic E-state index is 12.6. The van der Waals surface area contributed by atoms with Crippen LogP contribution in [0.4, 0.5) is 11.4 Å². The van der Waals surface area contributed by atoms with Crippen molar-refractivity contribution in [2.75, 3.05) is 18.9 Å². The number of halogens is 1. The van der Waals surface area contributed by atoms with Crippen LogP contribution in [-0.2, 0) is 0 Å². The van der Waals surface area contributed by atoms with Gasteiger partial charge >= 0.3 is 0 Å². The average Bonchev–Trinajstić information content (AvgIpc) is 2.46. The lowest BCUT2D eigenvalue weighted by Gasteiger charge is -2.33. The molecule has 1 heterocycles. The van der Waals surface area contributed by atoms with Gasteiger partial charge in [0, 0.05) is 31.3 Å². The van der Waals surface area contributed by atoms with Gasteiger partial charge in [-0.05, 0) is 32.3 Å². The van der Waals surface area contributed by atoms with Crippen molar-refractivity contribution in [3.05, 3.63) is 32.8 Å². The first kappa shape index (κ1) is 15.6. The molecule has 6 nitrogen and oxygen atoms in total.